The molecule has 1 saturated heterocycles. The van der Waals surface area contributed by atoms with Crippen LogP contribution in [0.1, 0.15) is 19.3 Å². The van der Waals surface area contributed by atoms with Gasteiger partial charge in [0.2, 0.25) is 0 Å². The summed E-state index contributed by atoms with van der Waals surface area (Å²) in [7, 11) is 3.90. The van der Waals surface area contributed by atoms with E-state index in [0.29, 0.717) is 6.04 Å². The van der Waals surface area contributed by atoms with Gasteiger partial charge in [-0.15, -0.1) is 22.0 Å². The summed E-state index contributed by atoms with van der Waals surface area (Å²) in [5, 5.41) is 9.73. The summed E-state index contributed by atoms with van der Waals surface area (Å²) in [4.78, 5) is 2.47. The first kappa shape index (κ1) is 16.3. The van der Waals surface area contributed by atoms with Crippen molar-refractivity contribution in [2.24, 2.45) is 0 Å². The average Bonchev–Trinajstić information content (AvgIpc) is 2.62. The number of nitrogens with zero attached hydrogens (tertiary/aromatic N) is 3. The van der Waals surface area contributed by atoms with Crippen LogP contribution < -0.4 is 4.74 Å². The Hall–Kier alpha value is -1.59. The Morgan fingerprint density at radius 3 is 2.61 bits per heavy atom. The number of aromatic nitrogens is 2. The molecule has 0 saturated carbocycles. The first-order valence-corrected chi connectivity index (χ1v) is 9.06. The summed E-state index contributed by atoms with van der Waals surface area (Å²) < 4.78 is 5.18. The van der Waals surface area contributed by atoms with E-state index in [1.165, 1.54) is 25.8 Å². The Balaban J connectivity index is 1.60. The molecule has 1 aromatic heterocycles. The van der Waals surface area contributed by atoms with Crippen LogP contribution in [0.2, 0.25) is 0 Å². The van der Waals surface area contributed by atoms with Crippen molar-refractivity contribution in [2.45, 2.75) is 30.3 Å². The summed E-state index contributed by atoms with van der Waals surface area (Å²) in [6.45, 7) is 1.22. The fourth-order valence-corrected chi connectivity index (χ4v) is 3.90. The van der Waals surface area contributed by atoms with E-state index in [9.17, 15) is 0 Å². The van der Waals surface area contributed by atoms with Crippen molar-refractivity contribution in [3.63, 3.8) is 0 Å². The Bertz CT molecular complexity index is 615. The molecule has 2 heterocycles. The first-order chi connectivity index (χ1) is 11.3. The van der Waals surface area contributed by atoms with Gasteiger partial charge in [0.15, 0.2) is 0 Å². The maximum absolute atomic E-state index is 5.18. The van der Waals surface area contributed by atoms with Crippen molar-refractivity contribution in [3.8, 4) is 17.0 Å². The molecule has 3 rings (SSSR count). The predicted molar refractivity (Wildman–Crippen MR) is 95.0 cm³/mol. The molecule has 0 amide bonds. The molecule has 1 unspecified atom stereocenters. The van der Waals surface area contributed by atoms with E-state index in [4.69, 9.17) is 4.74 Å². The molecule has 4 nitrogen and oxygen atoms in total. The minimum absolute atomic E-state index is 0.664. The van der Waals surface area contributed by atoms with Crippen LogP contribution in [-0.2, 0) is 0 Å². The Morgan fingerprint density at radius 1 is 1.13 bits per heavy atom. The SMILES string of the molecule is COc1ccc(-c2ccc(SCC3CCCCN3C)nn2)cc1. The van der Waals surface area contributed by atoms with Crippen molar-refractivity contribution >= 4 is 11.8 Å². The Kier molecular flexibility index (Phi) is 5.51. The van der Waals surface area contributed by atoms with Crippen LogP contribution in [-0.4, -0.2) is 47.6 Å². The molecule has 1 atom stereocenters. The van der Waals surface area contributed by atoms with Gasteiger partial charge in [-0.2, -0.15) is 0 Å². The number of methoxy groups -OCH3 is 1. The third-order valence-corrected chi connectivity index (χ3v) is 5.44. The molecule has 0 aliphatic carbocycles. The quantitative estimate of drug-likeness (QED) is 0.782. The fourth-order valence-electron chi connectivity index (χ4n) is 2.85. The number of hydrogen-bond acceptors (Lipinski definition) is 5. The van der Waals surface area contributed by atoms with Crippen LogP contribution >= 0.6 is 11.8 Å². The highest BCUT2D eigenvalue weighted by Gasteiger charge is 2.19. The van der Waals surface area contributed by atoms with Gasteiger partial charge in [-0.1, -0.05) is 6.42 Å². The van der Waals surface area contributed by atoms with E-state index in [-0.39, 0.29) is 0 Å². The summed E-state index contributed by atoms with van der Waals surface area (Å²) in [6, 6.07) is 12.7. The van der Waals surface area contributed by atoms with Crippen molar-refractivity contribution < 1.29 is 4.74 Å². The topological polar surface area (TPSA) is 38.2 Å². The fraction of sp³-hybridized carbons (Fsp3) is 0.444. The molecule has 0 radical (unpaired) electrons. The lowest BCUT2D eigenvalue weighted by atomic mass is 10.1. The molecule has 1 fully saturated rings. The van der Waals surface area contributed by atoms with E-state index in [1.807, 2.05) is 30.3 Å². The molecule has 23 heavy (non-hydrogen) atoms. The maximum atomic E-state index is 5.18. The number of thioether (sulfide) groups is 1. The molecule has 5 heteroatoms. The van der Waals surface area contributed by atoms with E-state index in [2.05, 4.69) is 28.2 Å². The summed E-state index contributed by atoms with van der Waals surface area (Å²) in [5.41, 5.74) is 1.95. The number of rotatable bonds is 5. The third kappa shape index (κ3) is 4.24. The van der Waals surface area contributed by atoms with Gasteiger partial charge < -0.3 is 9.64 Å². The highest BCUT2D eigenvalue weighted by atomic mass is 32.2. The zero-order chi connectivity index (χ0) is 16.1. The van der Waals surface area contributed by atoms with Crippen molar-refractivity contribution in [1.82, 2.24) is 15.1 Å². The van der Waals surface area contributed by atoms with Gasteiger partial charge in [0, 0.05) is 17.4 Å². The molecule has 2 aromatic rings. The molecular formula is C18H23N3OS. The van der Waals surface area contributed by atoms with Gasteiger partial charge in [-0.05, 0) is 62.8 Å². The molecule has 0 N–H and O–H groups in total. The maximum Gasteiger partial charge on any atom is 0.119 e. The highest BCUT2D eigenvalue weighted by Crippen LogP contribution is 2.25. The van der Waals surface area contributed by atoms with Crippen LogP contribution in [0.15, 0.2) is 41.4 Å². The number of benzene rings is 1. The molecule has 1 aliphatic rings. The minimum Gasteiger partial charge on any atom is -0.497 e. The second-order valence-electron chi connectivity index (χ2n) is 5.93. The van der Waals surface area contributed by atoms with Crippen molar-refractivity contribution in [3.05, 3.63) is 36.4 Å². The van der Waals surface area contributed by atoms with E-state index in [0.717, 1.165) is 27.8 Å². The Labute approximate surface area is 142 Å². The molecule has 1 aromatic carbocycles. The van der Waals surface area contributed by atoms with Crippen LogP contribution in [0.5, 0.6) is 5.75 Å². The first-order valence-electron chi connectivity index (χ1n) is 8.07. The second kappa shape index (κ2) is 7.79. The molecule has 122 valence electrons. The van der Waals surface area contributed by atoms with E-state index in [1.54, 1.807) is 18.9 Å². The lowest BCUT2D eigenvalue weighted by molar-refractivity contribution is 0.204. The van der Waals surface area contributed by atoms with Crippen LogP contribution in [0.3, 0.4) is 0 Å². The van der Waals surface area contributed by atoms with Crippen molar-refractivity contribution in [1.29, 1.82) is 0 Å². The van der Waals surface area contributed by atoms with Gasteiger partial charge in [-0.25, -0.2) is 0 Å². The Morgan fingerprint density at radius 2 is 1.96 bits per heavy atom. The average molecular weight is 329 g/mol. The number of ether oxygens (including phenoxy) is 1. The standard InChI is InChI=1S/C18H23N3OS/c1-21-12-4-3-5-15(21)13-23-18-11-10-17(19-20-18)14-6-8-16(22-2)9-7-14/h6-11,15H,3-5,12-13H2,1-2H3. The van der Waals surface area contributed by atoms with Crippen molar-refractivity contribution in [2.75, 3.05) is 26.5 Å². The van der Waals surface area contributed by atoms with Gasteiger partial charge in [0.05, 0.1) is 12.8 Å². The monoisotopic (exact) mass is 329 g/mol. The highest BCUT2D eigenvalue weighted by molar-refractivity contribution is 7.99. The number of piperidine rings is 1. The largest absolute Gasteiger partial charge is 0.497 e. The molecule has 1 aliphatic heterocycles. The normalized spacial score (nSPS) is 18.8. The van der Waals surface area contributed by atoms with Crippen LogP contribution in [0, 0.1) is 0 Å². The number of likely N-dealkylation sites (tertiary alicyclic amines) is 1. The second-order valence-corrected chi connectivity index (χ2v) is 6.97. The lowest BCUT2D eigenvalue weighted by Gasteiger charge is -2.31. The van der Waals surface area contributed by atoms with Crippen LogP contribution in [0.4, 0.5) is 0 Å². The van der Waals surface area contributed by atoms with Gasteiger partial charge in [0.25, 0.3) is 0 Å². The number of hydrogen-bond donors (Lipinski definition) is 0. The van der Waals surface area contributed by atoms with E-state index < -0.39 is 0 Å². The summed E-state index contributed by atoms with van der Waals surface area (Å²) >= 11 is 1.81. The third-order valence-electron chi connectivity index (χ3n) is 4.37. The molecule has 0 spiro atoms. The summed E-state index contributed by atoms with van der Waals surface area (Å²) in [5.74, 6) is 1.94. The lowest BCUT2D eigenvalue weighted by Crippen LogP contribution is -2.37. The molecule has 0 bridgehead atoms. The van der Waals surface area contributed by atoms with Gasteiger partial charge in [-0.3, -0.25) is 0 Å². The zero-order valence-corrected chi connectivity index (χ0v) is 14.6. The van der Waals surface area contributed by atoms with Gasteiger partial charge >= 0.3 is 0 Å². The predicted octanol–water partition coefficient (Wildman–Crippen LogP) is 3.73. The minimum atomic E-state index is 0.664. The van der Waals surface area contributed by atoms with Gasteiger partial charge in [0.1, 0.15) is 10.8 Å². The zero-order valence-electron chi connectivity index (χ0n) is 13.7. The van der Waals surface area contributed by atoms with E-state index >= 15 is 0 Å². The smallest absolute Gasteiger partial charge is 0.119 e. The summed E-state index contributed by atoms with van der Waals surface area (Å²) in [6.07, 6.45) is 3.96. The van der Waals surface area contributed by atoms with Crippen LogP contribution in [0.25, 0.3) is 11.3 Å². The molecular weight excluding hydrogens is 306 g/mol.